The van der Waals surface area contributed by atoms with Gasteiger partial charge >= 0.3 is 0 Å². The summed E-state index contributed by atoms with van der Waals surface area (Å²) in [7, 11) is 0.279. The zero-order valence-electron chi connectivity index (χ0n) is 7.62. The van der Waals surface area contributed by atoms with Crippen molar-refractivity contribution in [2.24, 2.45) is 0 Å². The SMILES string of the molecule is COCCNC(=O)CS(=O)CCO. The van der Waals surface area contributed by atoms with Crippen LogP contribution < -0.4 is 5.32 Å². The molecule has 0 aromatic rings. The minimum atomic E-state index is -1.26. The van der Waals surface area contributed by atoms with Crippen LogP contribution in [0.4, 0.5) is 0 Å². The number of nitrogens with one attached hydrogen (secondary N) is 1. The minimum absolute atomic E-state index is 0.0513. The lowest BCUT2D eigenvalue weighted by molar-refractivity contribution is -0.118. The molecule has 2 N–H and O–H groups in total. The van der Waals surface area contributed by atoms with E-state index in [-0.39, 0.29) is 24.0 Å². The first-order valence-electron chi connectivity index (χ1n) is 3.92. The second-order valence-corrected chi connectivity index (χ2v) is 3.93. The van der Waals surface area contributed by atoms with Crippen molar-refractivity contribution < 1.29 is 18.8 Å². The van der Waals surface area contributed by atoms with Gasteiger partial charge in [0.1, 0.15) is 5.75 Å². The molecule has 0 aromatic heterocycles. The van der Waals surface area contributed by atoms with Crippen LogP contribution >= 0.6 is 0 Å². The normalized spacial score (nSPS) is 12.5. The van der Waals surface area contributed by atoms with Gasteiger partial charge in [0.15, 0.2) is 0 Å². The zero-order valence-corrected chi connectivity index (χ0v) is 8.43. The summed E-state index contributed by atoms with van der Waals surface area (Å²) in [5.74, 6) is -0.175. The summed E-state index contributed by atoms with van der Waals surface area (Å²) >= 11 is 0. The Morgan fingerprint density at radius 1 is 1.62 bits per heavy atom. The third-order valence-electron chi connectivity index (χ3n) is 1.24. The summed E-state index contributed by atoms with van der Waals surface area (Å²) in [6.45, 7) is 0.710. The molecule has 78 valence electrons. The van der Waals surface area contributed by atoms with E-state index in [1.165, 1.54) is 7.11 Å². The number of hydrogen-bond acceptors (Lipinski definition) is 4. The van der Waals surface area contributed by atoms with E-state index in [4.69, 9.17) is 9.84 Å². The summed E-state index contributed by atoms with van der Waals surface area (Å²) < 4.78 is 15.7. The molecule has 0 aliphatic rings. The molecule has 0 aromatic carbocycles. The highest BCUT2D eigenvalue weighted by molar-refractivity contribution is 7.85. The number of aliphatic hydroxyl groups is 1. The van der Waals surface area contributed by atoms with E-state index in [0.29, 0.717) is 13.2 Å². The number of aliphatic hydroxyl groups excluding tert-OH is 1. The minimum Gasteiger partial charge on any atom is -0.395 e. The van der Waals surface area contributed by atoms with Gasteiger partial charge in [0, 0.05) is 30.2 Å². The van der Waals surface area contributed by atoms with Crippen molar-refractivity contribution in [3.63, 3.8) is 0 Å². The molecule has 0 bridgehead atoms. The molecule has 0 saturated heterocycles. The van der Waals surface area contributed by atoms with Crippen molar-refractivity contribution in [2.45, 2.75) is 0 Å². The standard InChI is InChI=1S/C7H15NO4S/c1-12-4-2-8-7(10)6-13(11)5-3-9/h9H,2-6H2,1H3,(H,8,10). The van der Waals surface area contributed by atoms with Crippen LogP contribution in [0.3, 0.4) is 0 Å². The van der Waals surface area contributed by atoms with Crippen LogP contribution in [0.2, 0.25) is 0 Å². The van der Waals surface area contributed by atoms with Crippen LogP contribution in [0.1, 0.15) is 0 Å². The molecular formula is C7H15NO4S. The van der Waals surface area contributed by atoms with Gasteiger partial charge in [-0.15, -0.1) is 0 Å². The van der Waals surface area contributed by atoms with E-state index in [1.54, 1.807) is 0 Å². The van der Waals surface area contributed by atoms with Gasteiger partial charge in [-0.05, 0) is 0 Å². The molecule has 5 nitrogen and oxygen atoms in total. The van der Waals surface area contributed by atoms with Gasteiger partial charge < -0.3 is 15.2 Å². The Balaban J connectivity index is 3.44. The molecule has 0 saturated carbocycles. The van der Waals surface area contributed by atoms with E-state index >= 15 is 0 Å². The zero-order chi connectivity index (χ0) is 10.1. The van der Waals surface area contributed by atoms with Crippen LogP contribution in [0.25, 0.3) is 0 Å². The maximum Gasteiger partial charge on any atom is 0.232 e. The average molecular weight is 209 g/mol. The van der Waals surface area contributed by atoms with E-state index in [9.17, 15) is 9.00 Å². The van der Waals surface area contributed by atoms with Crippen LogP contribution in [0.15, 0.2) is 0 Å². The smallest absolute Gasteiger partial charge is 0.232 e. The fraction of sp³-hybridized carbons (Fsp3) is 0.857. The lowest BCUT2D eigenvalue weighted by Crippen LogP contribution is -2.31. The Labute approximate surface area is 79.9 Å². The number of methoxy groups -OCH3 is 1. The predicted octanol–water partition coefficient (Wildman–Crippen LogP) is -1.51. The third kappa shape index (κ3) is 7.89. The first-order valence-corrected chi connectivity index (χ1v) is 5.41. The topological polar surface area (TPSA) is 75.6 Å². The van der Waals surface area contributed by atoms with Crippen LogP contribution in [-0.4, -0.2) is 53.6 Å². The number of carbonyl (C=O) groups is 1. The molecule has 0 fully saturated rings. The van der Waals surface area contributed by atoms with Crippen molar-refractivity contribution in [3.8, 4) is 0 Å². The highest BCUT2D eigenvalue weighted by Crippen LogP contribution is 1.81. The van der Waals surface area contributed by atoms with E-state index in [2.05, 4.69) is 5.32 Å². The molecule has 0 heterocycles. The van der Waals surface area contributed by atoms with E-state index in [1.807, 2.05) is 0 Å². The fourth-order valence-electron chi connectivity index (χ4n) is 0.664. The second-order valence-electron chi connectivity index (χ2n) is 2.35. The highest BCUT2D eigenvalue weighted by atomic mass is 32.2. The Bertz CT molecular complexity index is 174. The largest absolute Gasteiger partial charge is 0.395 e. The molecule has 6 heteroatoms. The fourth-order valence-corrected chi connectivity index (χ4v) is 1.41. The van der Waals surface area contributed by atoms with Gasteiger partial charge in [-0.2, -0.15) is 0 Å². The molecule has 0 aliphatic carbocycles. The predicted molar refractivity (Wildman–Crippen MR) is 49.8 cm³/mol. The van der Waals surface area contributed by atoms with Gasteiger partial charge in [-0.25, -0.2) is 0 Å². The van der Waals surface area contributed by atoms with Crippen LogP contribution in [0, 0.1) is 0 Å². The van der Waals surface area contributed by atoms with Crippen molar-refractivity contribution in [1.82, 2.24) is 5.32 Å². The molecule has 1 atom stereocenters. The summed E-state index contributed by atoms with van der Waals surface area (Å²) in [6, 6.07) is 0. The maximum absolute atomic E-state index is 11.0. The number of amides is 1. The quantitative estimate of drug-likeness (QED) is 0.500. The van der Waals surface area contributed by atoms with Gasteiger partial charge in [0.05, 0.1) is 13.2 Å². The highest BCUT2D eigenvalue weighted by Gasteiger charge is 2.05. The lowest BCUT2D eigenvalue weighted by atomic mass is 10.6. The lowest BCUT2D eigenvalue weighted by Gasteiger charge is -2.03. The molecular weight excluding hydrogens is 194 g/mol. The Kier molecular flexibility index (Phi) is 7.86. The van der Waals surface area contributed by atoms with Gasteiger partial charge in [0.2, 0.25) is 5.91 Å². The average Bonchev–Trinajstić information content (AvgIpc) is 2.05. The van der Waals surface area contributed by atoms with Gasteiger partial charge in [0.25, 0.3) is 0 Å². The molecule has 0 spiro atoms. The molecule has 0 aliphatic heterocycles. The molecule has 1 unspecified atom stereocenters. The van der Waals surface area contributed by atoms with Gasteiger partial charge in [-0.1, -0.05) is 0 Å². The van der Waals surface area contributed by atoms with Crippen molar-refractivity contribution >= 4 is 16.7 Å². The van der Waals surface area contributed by atoms with Gasteiger partial charge in [-0.3, -0.25) is 9.00 Å². The number of hydrogen-bond donors (Lipinski definition) is 2. The van der Waals surface area contributed by atoms with E-state index < -0.39 is 10.8 Å². The summed E-state index contributed by atoms with van der Waals surface area (Å²) in [6.07, 6.45) is 0. The molecule has 13 heavy (non-hydrogen) atoms. The van der Waals surface area contributed by atoms with Crippen LogP contribution in [0.5, 0.6) is 0 Å². The third-order valence-corrected chi connectivity index (χ3v) is 2.46. The molecule has 0 rings (SSSR count). The summed E-state index contributed by atoms with van der Waals surface area (Å²) in [4.78, 5) is 11.0. The Morgan fingerprint density at radius 2 is 2.31 bits per heavy atom. The second kappa shape index (κ2) is 8.15. The first-order chi connectivity index (χ1) is 6.20. The van der Waals surface area contributed by atoms with Crippen molar-refractivity contribution in [3.05, 3.63) is 0 Å². The summed E-state index contributed by atoms with van der Waals surface area (Å²) in [5, 5.41) is 11.0. The number of ether oxygens (including phenoxy) is 1. The molecule has 1 amide bonds. The Morgan fingerprint density at radius 3 is 2.85 bits per heavy atom. The monoisotopic (exact) mass is 209 g/mol. The Hall–Kier alpha value is -0.460. The van der Waals surface area contributed by atoms with Crippen LogP contribution in [-0.2, 0) is 20.3 Å². The van der Waals surface area contributed by atoms with Crippen molar-refractivity contribution in [2.75, 3.05) is 38.4 Å². The summed E-state index contributed by atoms with van der Waals surface area (Å²) in [5.41, 5.74) is 0. The molecule has 0 radical (unpaired) electrons. The van der Waals surface area contributed by atoms with Crippen molar-refractivity contribution in [1.29, 1.82) is 0 Å². The number of rotatable bonds is 7. The van der Waals surface area contributed by atoms with E-state index in [0.717, 1.165) is 0 Å². The number of carbonyl (C=O) groups excluding carboxylic acids is 1. The first kappa shape index (κ1) is 12.5. The maximum atomic E-state index is 11.0.